The van der Waals surface area contributed by atoms with Gasteiger partial charge in [-0.05, 0) is 89.9 Å². The quantitative estimate of drug-likeness (QED) is 0.0233. The first kappa shape index (κ1) is 60.2. The van der Waals surface area contributed by atoms with Crippen LogP contribution in [0.1, 0.15) is 194 Å². The number of carbonyl (C=O) groups is 2. The van der Waals surface area contributed by atoms with Crippen LogP contribution < -0.4 is 5.73 Å². The van der Waals surface area contributed by atoms with E-state index in [1.165, 1.54) is 64.2 Å². The lowest BCUT2D eigenvalue weighted by molar-refractivity contribution is -0.154. The van der Waals surface area contributed by atoms with Crippen LogP contribution in [-0.2, 0) is 32.7 Å². The molecule has 10 nitrogen and oxygen atoms in total. The summed E-state index contributed by atoms with van der Waals surface area (Å²) in [6, 6.07) is -1.48. The van der Waals surface area contributed by atoms with E-state index in [0.29, 0.717) is 13.0 Å². The Morgan fingerprint density at radius 3 is 1.38 bits per heavy atom. The fraction of sp³-hybridized carbons (Fsp3) is 0.692. The number of phosphoric ester groups is 1. The number of carboxylic acids is 1. The molecule has 11 heteroatoms. The summed E-state index contributed by atoms with van der Waals surface area (Å²) in [4.78, 5) is 33.7. The maximum atomic E-state index is 12.7. The smallest absolute Gasteiger partial charge is 0.472 e. The number of ether oxygens (including phenoxy) is 2. The third kappa shape index (κ3) is 46.9. The van der Waals surface area contributed by atoms with Gasteiger partial charge in [-0.15, -0.1) is 0 Å². The molecule has 0 spiro atoms. The Kier molecular flexibility index (Phi) is 45.0. The van der Waals surface area contributed by atoms with Gasteiger partial charge in [0.25, 0.3) is 0 Å². The summed E-state index contributed by atoms with van der Waals surface area (Å²) < 4.78 is 33.4. The fourth-order valence-corrected chi connectivity index (χ4v) is 7.14. The molecule has 0 aliphatic heterocycles. The lowest BCUT2D eigenvalue weighted by Gasteiger charge is -2.20. The van der Waals surface area contributed by atoms with Crippen molar-refractivity contribution in [1.29, 1.82) is 0 Å². The second-order valence-corrected chi connectivity index (χ2v) is 17.7. The van der Waals surface area contributed by atoms with E-state index in [0.717, 1.165) is 103 Å². The molecule has 0 heterocycles. The van der Waals surface area contributed by atoms with Gasteiger partial charge in [-0.1, -0.05) is 182 Å². The minimum atomic E-state index is -4.63. The molecule has 0 amide bonds. The Bertz CT molecular complexity index is 1320. The molecule has 0 fully saturated rings. The van der Waals surface area contributed by atoms with Gasteiger partial charge < -0.3 is 25.2 Å². The number of phosphoric acid groups is 1. The average molecular weight is 904 g/mol. The molecule has 63 heavy (non-hydrogen) atoms. The highest BCUT2D eigenvalue weighted by Gasteiger charge is 2.27. The Hall–Kier alpha value is -2.85. The summed E-state index contributed by atoms with van der Waals surface area (Å²) in [5, 5.41) is 8.92. The van der Waals surface area contributed by atoms with Crippen molar-refractivity contribution in [3.05, 3.63) is 85.1 Å². The summed E-state index contributed by atoms with van der Waals surface area (Å²) >= 11 is 0. The highest BCUT2D eigenvalue weighted by atomic mass is 31.2. The maximum absolute atomic E-state index is 12.7. The van der Waals surface area contributed by atoms with Crippen LogP contribution in [0.2, 0.25) is 0 Å². The van der Waals surface area contributed by atoms with Crippen molar-refractivity contribution in [2.75, 3.05) is 26.4 Å². The second-order valence-electron chi connectivity index (χ2n) is 16.2. The predicted molar refractivity (Wildman–Crippen MR) is 263 cm³/mol. The first-order chi connectivity index (χ1) is 30.7. The molecule has 3 atom stereocenters. The molecule has 0 aromatic heterocycles. The Morgan fingerprint density at radius 2 is 0.921 bits per heavy atom. The normalized spacial score (nSPS) is 14.5. The number of aliphatic carboxylic acids is 1. The first-order valence-corrected chi connectivity index (χ1v) is 26.1. The van der Waals surface area contributed by atoms with E-state index in [1.54, 1.807) is 0 Å². The number of unbranched alkanes of at least 4 members (excludes halogenated alkanes) is 18. The summed E-state index contributed by atoms with van der Waals surface area (Å²) in [6.07, 6.45) is 60.6. The number of carboxylic acid groups (broad SMARTS) is 1. The molecule has 0 saturated heterocycles. The molecule has 3 unspecified atom stereocenters. The molecular formula is C52H90NO9P. The van der Waals surface area contributed by atoms with E-state index in [-0.39, 0.29) is 13.0 Å². The van der Waals surface area contributed by atoms with Crippen molar-refractivity contribution in [1.82, 2.24) is 0 Å². The lowest BCUT2D eigenvalue weighted by atomic mass is 10.1. The van der Waals surface area contributed by atoms with Gasteiger partial charge in [-0.3, -0.25) is 18.6 Å². The van der Waals surface area contributed by atoms with Crippen molar-refractivity contribution in [3.63, 3.8) is 0 Å². The van der Waals surface area contributed by atoms with Gasteiger partial charge in [0.2, 0.25) is 0 Å². The third-order valence-electron chi connectivity index (χ3n) is 10.2. The number of nitrogens with two attached hydrogens (primary N) is 1. The summed E-state index contributed by atoms with van der Waals surface area (Å²) in [7, 11) is -4.63. The van der Waals surface area contributed by atoms with Crippen LogP contribution in [0.4, 0.5) is 0 Å². The molecule has 362 valence electrons. The first-order valence-electron chi connectivity index (χ1n) is 24.6. The number of rotatable bonds is 46. The Balaban J connectivity index is 4.23. The zero-order valence-electron chi connectivity index (χ0n) is 39.6. The molecular weight excluding hydrogens is 814 g/mol. The van der Waals surface area contributed by atoms with Gasteiger partial charge in [0, 0.05) is 13.0 Å². The molecule has 0 aliphatic rings. The van der Waals surface area contributed by atoms with Crippen LogP contribution in [0.25, 0.3) is 0 Å². The van der Waals surface area contributed by atoms with Crippen LogP contribution in [0.3, 0.4) is 0 Å². The van der Waals surface area contributed by atoms with Gasteiger partial charge in [-0.25, -0.2) is 4.57 Å². The van der Waals surface area contributed by atoms with E-state index in [9.17, 15) is 19.0 Å². The number of allylic oxidation sites excluding steroid dienone is 14. The van der Waals surface area contributed by atoms with Crippen molar-refractivity contribution in [3.8, 4) is 0 Å². The molecule has 0 bridgehead atoms. The van der Waals surface area contributed by atoms with E-state index in [1.807, 2.05) is 0 Å². The van der Waals surface area contributed by atoms with Gasteiger partial charge in [0.1, 0.15) is 12.1 Å². The molecule has 4 N–H and O–H groups in total. The number of carbonyl (C=O) groups excluding carboxylic acids is 1. The molecule has 0 aromatic carbocycles. The Morgan fingerprint density at radius 1 is 0.524 bits per heavy atom. The number of hydrogen-bond donors (Lipinski definition) is 3. The Labute approximate surface area is 384 Å². The number of esters is 1. The highest BCUT2D eigenvalue weighted by Crippen LogP contribution is 2.43. The van der Waals surface area contributed by atoms with Gasteiger partial charge in [0.15, 0.2) is 0 Å². The monoisotopic (exact) mass is 904 g/mol. The van der Waals surface area contributed by atoms with Crippen LogP contribution in [0, 0.1) is 0 Å². The van der Waals surface area contributed by atoms with Crippen molar-refractivity contribution in [2.45, 2.75) is 206 Å². The summed E-state index contributed by atoms with van der Waals surface area (Å²) in [6.45, 7) is 3.70. The predicted octanol–water partition coefficient (Wildman–Crippen LogP) is 14.3. The topological polar surface area (TPSA) is 155 Å². The fourth-order valence-electron chi connectivity index (χ4n) is 6.37. The SMILES string of the molecule is CC/C=C\C/C=C\C/C=C\C/C=C\CCCCCCCOCC(COP(=O)(O)OCC(N)C(=O)O)OC(=O)CCCCCCCCCC/C=C\C/C=C\C/C=C\CCCCCCC. The summed E-state index contributed by atoms with van der Waals surface area (Å²) in [5.41, 5.74) is 5.37. The molecule has 0 rings (SSSR count). The van der Waals surface area contributed by atoms with E-state index in [4.69, 9.17) is 29.4 Å². The number of hydrogen-bond acceptors (Lipinski definition) is 8. The van der Waals surface area contributed by atoms with Gasteiger partial charge in [-0.2, -0.15) is 0 Å². The largest absolute Gasteiger partial charge is 0.480 e. The zero-order chi connectivity index (χ0) is 46.2. The zero-order valence-corrected chi connectivity index (χ0v) is 40.5. The van der Waals surface area contributed by atoms with E-state index >= 15 is 0 Å². The highest BCUT2D eigenvalue weighted by molar-refractivity contribution is 7.47. The summed E-state index contributed by atoms with van der Waals surface area (Å²) in [5.74, 6) is -1.80. The van der Waals surface area contributed by atoms with Gasteiger partial charge >= 0.3 is 19.8 Å². The average Bonchev–Trinajstić information content (AvgIpc) is 3.26. The van der Waals surface area contributed by atoms with Crippen LogP contribution in [0.15, 0.2) is 85.1 Å². The van der Waals surface area contributed by atoms with E-state index < -0.39 is 45.1 Å². The maximum Gasteiger partial charge on any atom is 0.472 e. The lowest BCUT2D eigenvalue weighted by Crippen LogP contribution is -2.34. The molecule has 0 aliphatic carbocycles. The standard InChI is InChI=1S/C52H90NO9P/c1-3-5-7-9-11-13-15-17-19-21-23-24-25-26-27-28-30-32-34-36-38-40-42-44-51(54)62-49(47-60-63(57,58)61-48-50(53)52(55)56)46-59-45-43-41-39-37-35-33-31-29-22-20-18-16-14-12-10-8-6-4-2/h6,8,12,14-15,17-18,20-21,23,25-26,29,31,49-50H,3-5,7,9-11,13,16,19,22,24,27-28,30,32-48,53H2,1-2H3,(H,55,56)(H,57,58)/b8-6-,14-12-,17-15-,20-18-,23-21-,26-25-,31-29-. The van der Waals surface area contributed by atoms with Crippen LogP contribution >= 0.6 is 7.82 Å². The van der Waals surface area contributed by atoms with Crippen LogP contribution in [-0.4, -0.2) is 60.5 Å². The van der Waals surface area contributed by atoms with Gasteiger partial charge in [0.05, 0.1) is 19.8 Å². The molecule has 0 aromatic rings. The van der Waals surface area contributed by atoms with Crippen molar-refractivity contribution in [2.24, 2.45) is 5.73 Å². The molecule has 0 saturated carbocycles. The van der Waals surface area contributed by atoms with Crippen LogP contribution in [0.5, 0.6) is 0 Å². The molecule has 0 radical (unpaired) electrons. The third-order valence-corrected chi connectivity index (χ3v) is 11.1. The minimum absolute atomic E-state index is 0.00370. The minimum Gasteiger partial charge on any atom is -0.480 e. The second kappa shape index (κ2) is 47.1. The van der Waals surface area contributed by atoms with Crippen molar-refractivity contribution < 1.29 is 42.7 Å². The van der Waals surface area contributed by atoms with Crippen molar-refractivity contribution >= 4 is 19.8 Å². The van der Waals surface area contributed by atoms with E-state index in [2.05, 4.69) is 98.9 Å².